The molecular formula is C13H17N3. The minimum atomic E-state index is -0.0242. The molecule has 0 amide bonds. The van der Waals surface area contributed by atoms with Crippen molar-refractivity contribution < 1.29 is 0 Å². The number of hydrogen-bond acceptors (Lipinski definition) is 2. The van der Waals surface area contributed by atoms with Crippen molar-refractivity contribution in [2.24, 2.45) is 12.8 Å². The van der Waals surface area contributed by atoms with Crippen LogP contribution in [0.25, 0.3) is 0 Å². The summed E-state index contributed by atoms with van der Waals surface area (Å²) in [6, 6.07) is 8.45. The summed E-state index contributed by atoms with van der Waals surface area (Å²) in [5.41, 5.74) is 9.58. The summed E-state index contributed by atoms with van der Waals surface area (Å²) in [7, 11) is 1.95. The van der Waals surface area contributed by atoms with Gasteiger partial charge < -0.3 is 10.3 Å². The summed E-state index contributed by atoms with van der Waals surface area (Å²) in [6.07, 6.45) is 4.58. The second kappa shape index (κ2) is 4.49. The molecule has 2 rings (SSSR count). The molecule has 0 spiro atoms. The topological polar surface area (TPSA) is 43.8 Å². The average Bonchev–Trinajstić information content (AvgIpc) is 2.68. The zero-order valence-electron chi connectivity index (χ0n) is 9.72. The molecule has 2 N–H and O–H groups in total. The molecular weight excluding hydrogens is 198 g/mol. The first-order valence-corrected chi connectivity index (χ1v) is 5.44. The number of rotatable bonds is 3. The Balaban J connectivity index is 2.07. The van der Waals surface area contributed by atoms with Crippen molar-refractivity contribution in [1.82, 2.24) is 9.55 Å². The van der Waals surface area contributed by atoms with Crippen molar-refractivity contribution in [2.45, 2.75) is 19.4 Å². The minimum Gasteiger partial charge on any atom is -0.340 e. The second-order valence-corrected chi connectivity index (χ2v) is 4.26. The van der Waals surface area contributed by atoms with Crippen LogP contribution in [0.15, 0.2) is 36.8 Å². The molecule has 0 saturated carbocycles. The molecule has 0 saturated heterocycles. The third kappa shape index (κ3) is 2.49. The SMILES string of the molecule is Cc1ccc(CC(N)c2cn(C)cn2)cc1. The van der Waals surface area contributed by atoms with Crippen LogP contribution in [0.3, 0.4) is 0 Å². The summed E-state index contributed by atoms with van der Waals surface area (Å²) in [5.74, 6) is 0. The van der Waals surface area contributed by atoms with E-state index in [9.17, 15) is 0 Å². The van der Waals surface area contributed by atoms with Gasteiger partial charge in [0.25, 0.3) is 0 Å². The Morgan fingerprint density at radius 2 is 2.00 bits per heavy atom. The number of nitrogens with zero attached hydrogens (tertiary/aromatic N) is 2. The van der Waals surface area contributed by atoms with Gasteiger partial charge in [-0.05, 0) is 18.9 Å². The molecule has 0 aliphatic heterocycles. The summed E-state index contributed by atoms with van der Waals surface area (Å²) < 4.78 is 1.92. The molecule has 0 aliphatic carbocycles. The standard InChI is InChI=1S/C13H17N3/c1-10-3-5-11(6-4-10)7-12(14)13-8-16(2)9-15-13/h3-6,8-9,12H,7,14H2,1-2H3. The summed E-state index contributed by atoms with van der Waals surface area (Å²) in [5, 5.41) is 0. The fourth-order valence-corrected chi connectivity index (χ4v) is 1.71. The Bertz CT molecular complexity index is 456. The van der Waals surface area contributed by atoms with Crippen molar-refractivity contribution >= 4 is 0 Å². The lowest BCUT2D eigenvalue weighted by atomic mass is 10.0. The lowest BCUT2D eigenvalue weighted by molar-refractivity contribution is 0.700. The van der Waals surface area contributed by atoms with Gasteiger partial charge in [0, 0.05) is 13.2 Å². The highest BCUT2D eigenvalue weighted by Gasteiger charge is 2.09. The summed E-state index contributed by atoms with van der Waals surface area (Å²) in [6.45, 7) is 2.09. The predicted octanol–water partition coefficient (Wildman–Crippen LogP) is 1.97. The van der Waals surface area contributed by atoms with Gasteiger partial charge in [0.15, 0.2) is 0 Å². The monoisotopic (exact) mass is 215 g/mol. The first kappa shape index (κ1) is 10.9. The van der Waals surface area contributed by atoms with E-state index in [1.165, 1.54) is 11.1 Å². The molecule has 0 fully saturated rings. The predicted molar refractivity (Wildman–Crippen MR) is 65.0 cm³/mol. The van der Waals surface area contributed by atoms with Gasteiger partial charge in [-0.3, -0.25) is 0 Å². The number of aromatic nitrogens is 2. The molecule has 1 aromatic carbocycles. The quantitative estimate of drug-likeness (QED) is 0.850. The maximum absolute atomic E-state index is 6.10. The second-order valence-electron chi connectivity index (χ2n) is 4.26. The molecule has 1 aromatic heterocycles. The van der Waals surface area contributed by atoms with Crippen molar-refractivity contribution in [1.29, 1.82) is 0 Å². The van der Waals surface area contributed by atoms with Crippen LogP contribution in [0, 0.1) is 6.92 Å². The molecule has 0 aliphatic rings. The van der Waals surface area contributed by atoms with E-state index < -0.39 is 0 Å². The molecule has 3 nitrogen and oxygen atoms in total. The van der Waals surface area contributed by atoms with Gasteiger partial charge >= 0.3 is 0 Å². The normalized spacial score (nSPS) is 12.7. The van der Waals surface area contributed by atoms with Crippen molar-refractivity contribution in [2.75, 3.05) is 0 Å². The van der Waals surface area contributed by atoms with E-state index in [0.29, 0.717) is 0 Å². The van der Waals surface area contributed by atoms with E-state index in [2.05, 4.69) is 36.2 Å². The van der Waals surface area contributed by atoms with Gasteiger partial charge in [-0.1, -0.05) is 29.8 Å². The molecule has 0 radical (unpaired) electrons. The van der Waals surface area contributed by atoms with E-state index in [1.807, 2.05) is 17.8 Å². The molecule has 1 unspecified atom stereocenters. The van der Waals surface area contributed by atoms with E-state index in [4.69, 9.17) is 5.73 Å². The smallest absolute Gasteiger partial charge is 0.0947 e. The first-order valence-electron chi connectivity index (χ1n) is 5.44. The van der Waals surface area contributed by atoms with E-state index in [0.717, 1.165) is 12.1 Å². The van der Waals surface area contributed by atoms with Crippen LogP contribution in [0.1, 0.15) is 22.9 Å². The fourth-order valence-electron chi connectivity index (χ4n) is 1.71. The third-order valence-corrected chi connectivity index (χ3v) is 2.68. The maximum Gasteiger partial charge on any atom is 0.0947 e. The minimum absolute atomic E-state index is 0.0242. The van der Waals surface area contributed by atoms with Crippen LogP contribution in [0.4, 0.5) is 0 Å². The zero-order valence-corrected chi connectivity index (χ0v) is 9.72. The van der Waals surface area contributed by atoms with Crippen LogP contribution < -0.4 is 5.73 Å². The summed E-state index contributed by atoms with van der Waals surface area (Å²) in [4.78, 5) is 4.27. The third-order valence-electron chi connectivity index (χ3n) is 2.68. The van der Waals surface area contributed by atoms with Gasteiger partial charge in [-0.25, -0.2) is 4.98 Å². The van der Waals surface area contributed by atoms with Gasteiger partial charge in [0.05, 0.1) is 18.1 Å². The Labute approximate surface area is 95.9 Å². The van der Waals surface area contributed by atoms with Crippen molar-refractivity contribution in [3.8, 4) is 0 Å². The molecule has 84 valence electrons. The zero-order chi connectivity index (χ0) is 11.5. The fraction of sp³-hybridized carbons (Fsp3) is 0.308. The summed E-state index contributed by atoms with van der Waals surface area (Å²) >= 11 is 0. The van der Waals surface area contributed by atoms with Gasteiger partial charge in [0.1, 0.15) is 0 Å². The van der Waals surface area contributed by atoms with Gasteiger partial charge in [-0.15, -0.1) is 0 Å². The first-order chi connectivity index (χ1) is 7.65. The molecule has 16 heavy (non-hydrogen) atoms. The van der Waals surface area contributed by atoms with Crippen molar-refractivity contribution in [3.63, 3.8) is 0 Å². The number of nitrogens with two attached hydrogens (primary N) is 1. The molecule has 2 aromatic rings. The average molecular weight is 215 g/mol. The van der Waals surface area contributed by atoms with Crippen LogP contribution in [-0.4, -0.2) is 9.55 Å². The van der Waals surface area contributed by atoms with Crippen LogP contribution in [0.5, 0.6) is 0 Å². The van der Waals surface area contributed by atoms with Crippen molar-refractivity contribution in [3.05, 3.63) is 53.6 Å². The Morgan fingerprint density at radius 1 is 1.31 bits per heavy atom. The van der Waals surface area contributed by atoms with Crippen LogP contribution >= 0.6 is 0 Å². The number of benzene rings is 1. The highest BCUT2D eigenvalue weighted by atomic mass is 15.0. The highest BCUT2D eigenvalue weighted by Crippen LogP contribution is 2.14. The van der Waals surface area contributed by atoms with E-state index in [-0.39, 0.29) is 6.04 Å². The lowest BCUT2D eigenvalue weighted by Crippen LogP contribution is -2.13. The molecule has 1 atom stereocenters. The highest BCUT2D eigenvalue weighted by molar-refractivity contribution is 5.23. The Hall–Kier alpha value is -1.61. The van der Waals surface area contributed by atoms with Crippen LogP contribution in [0.2, 0.25) is 0 Å². The molecule has 1 heterocycles. The Morgan fingerprint density at radius 3 is 2.56 bits per heavy atom. The van der Waals surface area contributed by atoms with Gasteiger partial charge in [0.2, 0.25) is 0 Å². The van der Waals surface area contributed by atoms with E-state index in [1.54, 1.807) is 6.33 Å². The van der Waals surface area contributed by atoms with Crippen LogP contribution in [-0.2, 0) is 13.5 Å². The number of hydrogen-bond donors (Lipinski definition) is 1. The molecule has 0 bridgehead atoms. The lowest BCUT2D eigenvalue weighted by Gasteiger charge is -2.08. The number of aryl methyl sites for hydroxylation is 2. The maximum atomic E-state index is 6.10. The van der Waals surface area contributed by atoms with Gasteiger partial charge in [-0.2, -0.15) is 0 Å². The Kier molecular flexibility index (Phi) is 3.06. The largest absolute Gasteiger partial charge is 0.340 e. The van der Waals surface area contributed by atoms with E-state index >= 15 is 0 Å². The number of imidazole rings is 1. The molecule has 3 heteroatoms.